The standard InChI is InChI=1S/C13H26N2O2S2/c1-3-19(16,17)15-8-6-12(7-9-15)14-13-5-4-10-18-11(13)2/h11-14H,3-10H2,1-2H3. The van der Waals surface area contributed by atoms with Gasteiger partial charge >= 0.3 is 0 Å². The largest absolute Gasteiger partial charge is 0.310 e. The molecule has 0 aromatic carbocycles. The Labute approximate surface area is 121 Å². The van der Waals surface area contributed by atoms with Crippen LogP contribution in [0.5, 0.6) is 0 Å². The lowest BCUT2D eigenvalue weighted by atomic mass is 10.0. The van der Waals surface area contributed by atoms with E-state index in [1.54, 1.807) is 11.2 Å². The van der Waals surface area contributed by atoms with Crippen molar-refractivity contribution < 1.29 is 8.42 Å². The Morgan fingerprint density at radius 2 is 1.95 bits per heavy atom. The zero-order chi connectivity index (χ0) is 13.9. The van der Waals surface area contributed by atoms with Crippen LogP contribution in [0.25, 0.3) is 0 Å². The predicted octanol–water partition coefficient (Wildman–Crippen LogP) is 1.67. The molecule has 2 rings (SSSR count). The van der Waals surface area contributed by atoms with E-state index < -0.39 is 10.0 Å². The van der Waals surface area contributed by atoms with E-state index >= 15 is 0 Å². The molecule has 2 aliphatic rings. The molecule has 6 heteroatoms. The second-order valence-electron chi connectivity index (χ2n) is 5.57. The highest BCUT2D eigenvalue weighted by atomic mass is 32.2. The molecule has 2 heterocycles. The summed E-state index contributed by atoms with van der Waals surface area (Å²) in [5, 5.41) is 4.44. The molecule has 0 spiro atoms. The third kappa shape index (κ3) is 4.09. The Balaban J connectivity index is 1.80. The summed E-state index contributed by atoms with van der Waals surface area (Å²) in [6.45, 7) is 5.39. The van der Waals surface area contributed by atoms with Crippen LogP contribution in [0.1, 0.15) is 39.5 Å². The number of hydrogen-bond acceptors (Lipinski definition) is 4. The Morgan fingerprint density at radius 1 is 1.26 bits per heavy atom. The van der Waals surface area contributed by atoms with Crippen LogP contribution in [0.4, 0.5) is 0 Å². The minimum Gasteiger partial charge on any atom is -0.310 e. The van der Waals surface area contributed by atoms with E-state index in [1.165, 1.54) is 18.6 Å². The van der Waals surface area contributed by atoms with E-state index in [2.05, 4.69) is 24.0 Å². The number of nitrogens with one attached hydrogen (secondary N) is 1. The SMILES string of the molecule is CCS(=O)(=O)N1CCC(NC2CCCSC2C)CC1. The van der Waals surface area contributed by atoms with Gasteiger partial charge in [-0.2, -0.15) is 11.8 Å². The van der Waals surface area contributed by atoms with Crippen molar-refractivity contribution in [2.24, 2.45) is 0 Å². The maximum atomic E-state index is 11.8. The van der Waals surface area contributed by atoms with Crippen LogP contribution in [0.15, 0.2) is 0 Å². The zero-order valence-electron chi connectivity index (χ0n) is 12.0. The Kier molecular flexibility index (Phi) is 5.57. The molecule has 2 saturated heterocycles. The van der Waals surface area contributed by atoms with Gasteiger partial charge in [-0.15, -0.1) is 0 Å². The van der Waals surface area contributed by atoms with E-state index in [9.17, 15) is 8.42 Å². The molecule has 0 aliphatic carbocycles. The van der Waals surface area contributed by atoms with Crippen LogP contribution in [-0.2, 0) is 10.0 Å². The maximum Gasteiger partial charge on any atom is 0.213 e. The normalized spacial score (nSPS) is 31.5. The molecule has 112 valence electrons. The highest BCUT2D eigenvalue weighted by Gasteiger charge is 2.29. The lowest BCUT2D eigenvalue weighted by molar-refractivity contribution is 0.267. The third-order valence-corrected chi connectivity index (χ3v) is 7.53. The van der Waals surface area contributed by atoms with E-state index in [0.29, 0.717) is 30.4 Å². The summed E-state index contributed by atoms with van der Waals surface area (Å²) < 4.78 is 25.3. The molecule has 2 aliphatic heterocycles. The first-order valence-electron chi connectivity index (χ1n) is 7.38. The first kappa shape index (κ1) is 15.6. The van der Waals surface area contributed by atoms with Crippen molar-refractivity contribution in [1.29, 1.82) is 0 Å². The van der Waals surface area contributed by atoms with Gasteiger partial charge in [0.15, 0.2) is 0 Å². The minimum absolute atomic E-state index is 0.224. The second-order valence-corrected chi connectivity index (χ2v) is 9.31. The fraction of sp³-hybridized carbons (Fsp3) is 1.00. The summed E-state index contributed by atoms with van der Waals surface area (Å²) in [4.78, 5) is 0. The second kappa shape index (κ2) is 6.78. The summed E-state index contributed by atoms with van der Waals surface area (Å²) in [6.07, 6.45) is 4.47. The van der Waals surface area contributed by atoms with Gasteiger partial charge in [0.05, 0.1) is 5.75 Å². The van der Waals surface area contributed by atoms with Crippen molar-refractivity contribution >= 4 is 21.8 Å². The maximum absolute atomic E-state index is 11.8. The zero-order valence-corrected chi connectivity index (χ0v) is 13.6. The Hall–Kier alpha value is 0.220. The van der Waals surface area contributed by atoms with Crippen molar-refractivity contribution in [2.45, 2.75) is 56.9 Å². The first-order chi connectivity index (χ1) is 9.03. The van der Waals surface area contributed by atoms with Crippen LogP contribution < -0.4 is 5.32 Å². The molecular formula is C13H26N2O2S2. The van der Waals surface area contributed by atoms with Crippen molar-refractivity contribution in [2.75, 3.05) is 24.6 Å². The van der Waals surface area contributed by atoms with Crippen molar-refractivity contribution in [3.05, 3.63) is 0 Å². The Morgan fingerprint density at radius 3 is 2.53 bits per heavy atom. The summed E-state index contributed by atoms with van der Waals surface area (Å²) >= 11 is 2.05. The molecule has 0 saturated carbocycles. The number of nitrogens with zero attached hydrogens (tertiary/aromatic N) is 1. The molecule has 4 nitrogen and oxygen atoms in total. The molecule has 1 N–H and O–H groups in total. The van der Waals surface area contributed by atoms with Crippen LogP contribution in [-0.4, -0.2) is 54.7 Å². The molecule has 0 amide bonds. The minimum atomic E-state index is -2.99. The fourth-order valence-corrected chi connectivity index (χ4v) is 5.21. The molecule has 0 bridgehead atoms. The number of hydrogen-bond donors (Lipinski definition) is 1. The monoisotopic (exact) mass is 306 g/mol. The molecule has 2 atom stereocenters. The molecule has 2 unspecified atom stereocenters. The summed E-state index contributed by atoms with van der Waals surface area (Å²) in [5.41, 5.74) is 0. The summed E-state index contributed by atoms with van der Waals surface area (Å²) in [5.74, 6) is 1.51. The van der Waals surface area contributed by atoms with E-state index in [4.69, 9.17) is 0 Å². The average molecular weight is 306 g/mol. The van der Waals surface area contributed by atoms with Gasteiger partial charge in [0.1, 0.15) is 0 Å². The van der Waals surface area contributed by atoms with Crippen LogP contribution in [0.3, 0.4) is 0 Å². The van der Waals surface area contributed by atoms with Gasteiger partial charge in [0.25, 0.3) is 0 Å². The van der Waals surface area contributed by atoms with Gasteiger partial charge in [-0.25, -0.2) is 12.7 Å². The molecule has 2 fully saturated rings. The van der Waals surface area contributed by atoms with Crippen LogP contribution in [0.2, 0.25) is 0 Å². The summed E-state index contributed by atoms with van der Waals surface area (Å²) in [7, 11) is -2.99. The van der Waals surface area contributed by atoms with Crippen LogP contribution >= 0.6 is 11.8 Å². The van der Waals surface area contributed by atoms with Gasteiger partial charge in [-0.3, -0.25) is 0 Å². The number of sulfonamides is 1. The van der Waals surface area contributed by atoms with Crippen molar-refractivity contribution in [1.82, 2.24) is 9.62 Å². The lowest BCUT2D eigenvalue weighted by Crippen LogP contribution is -2.50. The van der Waals surface area contributed by atoms with E-state index in [-0.39, 0.29) is 5.75 Å². The highest BCUT2D eigenvalue weighted by molar-refractivity contribution is 7.99. The summed E-state index contributed by atoms with van der Waals surface area (Å²) in [6, 6.07) is 1.10. The fourth-order valence-electron chi connectivity index (χ4n) is 2.93. The molecule has 0 radical (unpaired) electrons. The first-order valence-corrected chi connectivity index (χ1v) is 10.0. The average Bonchev–Trinajstić information content (AvgIpc) is 2.42. The highest BCUT2D eigenvalue weighted by Crippen LogP contribution is 2.26. The van der Waals surface area contributed by atoms with Crippen molar-refractivity contribution in [3.63, 3.8) is 0 Å². The topological polar surface area (TPSA) is 49.4 Å². The molecular weight excluding hydrogens is 280 g/mol. The Bertz CT molecular complexity index is 378. The van der Waals surface area contributed by atoms with E-state index in [0.717, 1.165) is 12.8 Å². The smallest absolute Gasteiger partial charge is 0.213 e. The van der Waals surface area contributed by atoms with Crippen LogP contribution in [0, 0.1) is 0 Å². The third-order valence-electron chi connectivity index (χ3n) is 4.27. The van der Waals surface area contributed by atoms with Gasteiger partial charge in [-0.1, -0.05) is 6.92 Å². The van der Waals surface area contributed by atoms with Gasteiger partial charge in [0, 0.05) is 30.4 Å². The van der Waals surface area contributed by atoms with Gasteiger partial charge < -0.3 is 5.32 Å². The van der Waals surface area contributed by atoms with E-state index in [1.807, 2.05) is 0 Å². The number of piperidine rings is 1. The quantitative estimate of drug-likeness (QED) is 0.858. The number of thioether (sulfide) groups is 1. The number of rotatable bonds is 4. The van der Waals surface area contributed by atoms with Gasteiger partial charge in [-0.05, 0) is 38.4 Å². The molecule has 19 heavy (non-hydrogen) atoms. The predicted molar refractivity (Wildman–Crippen MR) is 82.1 cm³/mol. The van der Waals surface area contributed by atoms with Gasteiger partial charge in [0.2, 0.25) is 10.0 Å². The van der Waals surface area contributed by atoms with Crippen molar-refractivity contribution in [3.8, 4) is 0 Å². The lowest BCUT2D eigenvalue weighted by Gasteiger charge is -2.37. The molecule has 0 aromatic heterocycles. The molecule has 0 aromatic rings.